The van der Waals surface area contributed by atoms with Gasteiger partial charge in [-0.3, -0.25) is 0 Å². The normalized spacial score (nSPS) is 18.3. The molecule has 168 valence electrons. The maximum atomic E-state index is 6.44. The highest BCUT2D eigenvalue weighted by atomic mass is 16.5. The number of ether oxygens (including phenoxy) is 1. The molecule has 0 saturated heterocycles. The molecule has 2 fully saturated rings. The first-order valence-corrected chi connectivity index (χ1v) is 11.2. The Morgan fingerprint density at radius 1 is 1.16 bits per heavy atom. The van der Waals surface area contributed by atoms with Gasteiger partial charge < -0.3 is 25.2 Å². The average molecular weight is 428 g/mol. The van der Waals surface area contributed by atoms with Crippen molar-refractivity contribution in [3.63, 3.8) is 0 Å². The van der Waals surface area contributed by atoms with Crippen molar-refractivity contribution in [2.75, 3.05) is 18.9 Å². The van der Waals surface area contributed by atoms with Gasteiger partial charge in [0.15, 0.2) is 0 Å². The largest absolute Gasteiger partial charge is 0.489 e. The molecule has 0 aliphatic heterocycles. The summed E-state index contributed by atoms with van der Waals surface area (Å²) in [6, 6.07) is 4.20. The van der Waals surface area contributed by atoms with Crippen LogP contribution in [0, 0.1) is 6.92 Å². The summed E-state index contributed by atoms with van der Waals surface area (Å²) in [6.07, 6.45) is 9.68. The first kappa shape index (κ1) is 21.4. The average Bonchev–Trinajstić information content (AvgIpc) is 3.17. The molecular formula is C22H33N7O2. The van der Waals surface area contributed by atoms with Crippen LogP contribution in [-0.2, 0) is 0 Å². The summed E-state index contributed by atoms with van der Waals surface area (Å²) >= 11 is 0. The smallest absolute Gasteiger partial charge is 0.315 e. The van der Waals surface area contributed by atoms with Gasteiger partial charge in [-0.2, -0.15) is 0 Å². The van der Waals surface area contributed by atoms with E-state index < -0.39 is 0 Å². The van der Waals surface area contributed by atoms with E-state index in [1.807, 2.05) is 19.1 Å². The topological polar surface area (TPSA) is 128 Å². The van der Waals surface area contributed by atoms with E-state index in [0.29, 0.717) is 41.5 Å². The highest BCUT2D eigenvalue weighted by Gasteiger charge is 2.25. The molecular weight excluding hydrogens is 394 g/mol. The molecule has 5 N–H and O–H groups in total. The van der Waals surface area contributed by atoms with E-state index in [-0.39, 0.29) is 6.10 Å². The van der Waals surface area contributed by atoms with Gasteiger partial charge >= 0.3 is 6.01 Å². The highest BCUT2D eigenvalue weighted by Crippen LogP contribution is 2.35. The third-order valence-electron chi connectivity index (χ3n) is 6.20. The van der Waals surface area contributed by atoms with Crippen LogP contribution in [0.3, 0.4) is 0 Å². The van der Waals surface area contributed by atoms with Crippen LogP contribution in [-0.4, -0.2) is 39.9 Å². The minimum absolute atomic E-state index is 0.280. The molecule has 2 aliphatic carbocycles. The second-order valence-corrected chi connectivity index (χ2v) is 8.56. The molecule has 2 aromatic heterocycles. The van der Waals surface area contributed by atoms with Crippen LogP contribution in [0.4, 0.5) is 6.01 Å². The van der Waals surface area contributed by atoms with Gasteiger partial charge in [-0.15, -0.1) is 5.10 Å². The molecule has 0 bridgehead atoms. The van der Waals surface area contributed by atoms with E-state index in [2.05, 4.69) is 20.5 Å². The number of likely N-dealkylation sites (N-methyl/N-ethyl adjacent to an activating group) is 1. The number of pyridine rings is 1. The number of hydrogen-bond acceptors (Lipinski definition) is 9. The molecule has 2 saturated carbocycles. The van der Waals surface area contributed by atoms with Crippen LogP contribution in [0.5, 0.6) is 5.75 Å². The van der Waals surface area contributed by atoms with Gasteiger partial charge in [0.05, 0.1) is 35.4 Å². The summed E-state index contributed by atoms with van der Waals surface area (Å²) < 4.78 is 11.9. The summed E-state index contributed by atoms with van der Waals surface area (Å²) in [5.74, 6) is 7.95. The summed E-state index contributed by atoms with van der Waals surface area (Å²) in [7, 11) is 1.74. The SMILES string of the molecule is Cc1nc(/C(N)=C(\CNc2nnc(C3CCC3)o2)N(C)N)ccc1OC1CCCCC1. The zero-order chi connectivity index (χ0) is 21.8. The first-order chi connectivity index (χ1) is 15.0. The molecule has 2 aliphatic rings. The molecule has 2 aromatic rings. The second-order valence-electron chi connectivity index (χ2n) is 8.56. The van der Waals surface area contributed by atoms with Crippen LogP contribution >= 0.6 is 0 Å². The predicted octanol–water partition coefficient (Wildman–Crippen LogP) is 3.30. The van der Waals surface area contributed by atoms with E-state index in [9.17, 15) is 0 Å². The highest BCUT2D eigenvalue weighted by molar-refractivity contribution is 5.64. The number of hydrazine groups is 1. The number of nitrogens with two attached hydrogens (primary N) is 2. The van der Waals surface area contributed by atoms with Crippen molar-refractivity contribution in [2.45, 2.75) is 70.3 Å². The Labute approximate surface area is 183 Å². The van der Waals surface area contributed by atoms with Crippen molar-refractivity contribution < 1.29 is 9.15 Å². The van der Waals surface area contributed by atoms with E-state index in [1.165, 1.54) is 30.7 Å². The fourth-order valence-corrected chi connectivity index (χ4v) is 4.03. The van der Waals surface area contributed by atoms with Crippen LogP contribution in [0.1, 0.15) is 74.6 Å². The monoisotopic (exact) mass is 427 g/mol. The Hall–Kier alpha value is -2.81. The summed E-state index contributed by atoms with van der Waals surface area (Å²) in [4.78, 5) is 4.67. The molecule has 0 aromatic carbocycles. The number of aryl methyl sites for hydroxylation is 1. The van der Waals surface area contributed by atoms with Crippen molar-refractivity contribution in [1.82, 2.24) is 20.2 Å². The van der Waals surface area contributed by atoms with Crippen LogP contribution in [0.25, 0.3) is 5.70 Å². The van der Waals surface area contributed by atoms with Crippen LogP contribution in [0.2, 0.25) is 0 Å². The lowest BCUT2D eigenvalue weighted by Gasteiger charge is -2.24. The number of nitrogens with one attached hydrogen (secondary N) is 1. The Kier molecular flexibility index (Phi) is 6.60. The van der Waals surface area contributed by atoms with E-state index in [1.54, 1.807) is 7.05 Å². The molecule has 4 rings (SSSR count). The van der Waals surface area contributed by atoms with E-state index in [4.69, 9.17) is 20.7 Å². The molecule has 0 unspecified atom stereocenters. The van der Waals surface area contributed by atoms with Crippen molar-refractivity contribution in [3.8, 4) is 5.75 Å². The van der Waals surface area contributed by atoms with Gasteiger partial charge in [0.1, 0.15) is 5.75 Å². The lowest BCUT2D eigenvalue weighted by Crippen LogP contribution is -2.32. The summed E-state index contributed by atoms with van der Waals surface area (Å²) in [5, 5.41) is 12.8. The lowest BCUT2D eigenvalue weighted by atomic mass is 9.85. The lowest BCUT2D eigenvalue weighted by molar-refractivity contribution is 0.153. The maximum absolute atomic E-state index is 6.44. The van der Waals surface area contributed by atoms with Gasteiger partial charge in [0, 0.05) is 13.0 Å². The van der Waals surface area contributed by atoms with E-state index in [0.717, 1.165) is 37.1 Å². The fourth-order valence-electron chi connectivity index (χ4n) is 4.03. The van der Waals surface area contributed by atoms with Gasteiger partial charge in [-0.25, -0.2) is 10.8 Å². The Bertz CT molecular complexity index is 914. The van der Waals surface area contributed by atoms with Crippen molar-refractivity contribution in [1.29, 1.82) is 0 Å². The minimum atomic E-state index is 0.280. The third kappa shape index (κ3) is 5.10. The molecule has 0 amide bonds. The van der Waals surface area contributed by atoms with Gasteiger partial charge in [-0.05, 0) is 57.6 Å². The zero-order valence-corrected chi connectivity index (χ0v) is 18.4. The number of hydrogen-bond donors (Lipinski definition) is 3. The summed E-state index contributed by atoms with van der Waals surface area (Å²) in [5.41, 5.74) is 9.08. The fraction of sp³-hybridized carbons (Fsp3) is 0.591. The second kappa shape index (κ2) is 9.55. The molecule has 0 atom stereocenters. The Morgan fingerprint density at radius 3 is 2.58 bits per heavy atom. The molecule has 9 heteroatoms. The Morgan fingerprint density at radius 2 is 1.94 bits per heavy atom. The maximum Gasteiger partial charge on any atom is 0.315 e. The van der Waals surface area contributed by atoms with Crippen molar-refractivity contribution in [3.05, 3.63) is 35.1 Å². The van der Waals surface area contributed by atoms with Gasteiger partial charge in [0.25, 0.3) is 0 Å². The first-order valence-electron chi connectivity index (χ1n) is 11.2. The molecule has 0 spiro atoms. The quantitative estimate of drug-likeness (QED) is 0.429. The van der Waals surface area contributed by atoms with Gasteiger partial charge in [-0.1, -0.05) is 17.9 Å². The minimum Gasteiger partial charge on any atom is -0.489 e. The van der Waals surface area contributed by atoms with E-state index >= 15 is 0 Å². The molecule has 2 heterocycles. The summed E-state index contributed by atoms with van der Waals surface area (Å²) in [6.45, 7) is 2.28. The Balaban J connectivity index is 1.45. The number of nitrogens with zero attached hydrogens (tertiary/aromatic N) is 4. The number of rotatable bonds is 8. The zero-order valence-electron chi connectivity index (χ0n) is 18.4. The van der Waals surface area contributed by atoms with Crippen molar-refractivity contribution >= 4 is 11.7 Å². The molecule has 9 nitrogen and oxygen atoms in total. The predicted molar refractivity (Wildman–Crippen MR) is 119 cm³/mol. The standard InChI is InChI=1S/C22H33N7O2/c1-14-19(30-16-9-4-3-5-10-16)12-11-17(26-14)20(23)18(29(2)24)13-25-22-28-27-21(31-22)15-7-6-8-15/h11-12,15-16H,3-10,13,23-24H2,1-2H3,(H,25,28)/b20-18-. The number of aromatic nitrogens is 3. The van der Waals surface area contributed by atoms with Crippen molar-refractivity contribution in [2.24, 2.45) is 11.6 Å². The van der Waals surface area contributed by atoms with Crippen LogP contribution in [0.15, 0.2) is 22.2 Å². The number of anilines is 1. The third-order valence-corrected chi connectivity index (χ3v) is 6.20. The van der Waals surface area contributed by atoms with Crippen LogP contribution < -0.4 is 21.6 Å². The molecule has 31 heavy (non-hydrogen) atoms. The van der Waals surface area contributed by atoms with Gasteiger partial charge in [0.2, 0.25) is 5.89 Å². The molecule has 0 radical (unpaired) electrons.